The highest BCUT2D eigenvalue weighted by atomic mass is 16.5. The second-order valence-electron chi connectivity index (χ2n) is 18.0. The molecule has 0 aromatic carbocycles. The molecule has 0 saturated carbocycles. The average Bonchev–Trinajstić information content (AvgIpc) is 3.25. The van der Waals surface area contributed by atoms with Gasteiger partial charge in [-0.15, -0.1) is 0 Å². The number of nitrogens with one attached hydrogen (secondary N) is 1. The topological polar surface area (TPSA) is 95.9 Å². The number of aliphatic hydroxyl groups excluding tert-OH is 2. The summed E-state index contributed by atoms with van der Waals surface area (Å²) in [5, 5.41) is 23.7. The van der Waals surface area contributed by atoms with E-state index >= 15 is 0 Å². The molecule has 0 aliphatic heterocycles. The molecule has 0 saturated heterocycles. The third-order valence-electron chi connectivity index (χ3n) is 12.0. The number of aliphatic hydroxyl groups is 2. The Bertz CT molecular complexity index is 1050. The number of hydrogen-bond acceptors (Lipinski definition) is 5. The summed E-state index contributed by atoms with van der Waals surface area (Å²) in [5.41, 5.74) is 0. The molecule has 0 heterocycles. The summed E-state index contributed by atoms with van der Waals surface area (Å²) in [5.74, 6) is -0.499. The van der Waals surface area contributed by atoms with E-state index in [1.165, 1.54) is 128 Å². The van der Waals surface area contributed by atoms with Crippen molar-refractivity contribution in [1.82, 2.24) is 5.32 Å². The maximum absolute atomic E-state index is 13.2. The summed E-state index contributed by atoms with van der Waals surface area (Å²) in [6, 6.07) is -0.709. The van der Waals surface area contributed by atoms with E-state index in [0.29, 0.717) is 19.3 Å². The second kappa shape index (κ2) is 48.8. The van der Waals surface area contributed by atoms with Gasteiger partial charge in [0, 0.05) is 6.42 Å². The normalized spacial score (nSPS) is 13.6. The Morgan fingerprint density at radius 1 is 0.492 bits per heavy atom. The zero-order chi connectivity index (χ0) is 44.5. The van der Waals surface area contributed by atoms with Gasteiger partial charge in [-0.05, 0) is 70.6 Å². The number of carbonyl (C=O) groups is 2. The van der Waals surface area contributed by atoms with Crippen molar-refractivity contribution in [3.63, 3.8) is 0 Å². The number of amides is 1. The van der Waals surface area contributed by atoms with Crippen LogP contribution in [0, 0.1) is 0 Å². The van der Waals surface area contributed by atoms with Crippen molar-refractivity contribution in [1.29, 1.82) is 0 Å². The van der Waals surface area contributed by atoms with Crippen molar-refractivity contribution in [2.45, 2.75) is 283 Å². The molecule has 6 heteroatoms. The highest BCUT2D eigenvalue weighted by Crippen LogP contribution is 2.18. The minimum absolute atomic E-state index is 0.0613. The van der Waals surface area contributed by atoms with Crippen LogP contribution in [0.25, 0.3) is 0 Å². The second-order valence-corrected chi connectivity index (χ2v) is 18.0. The van der Waals surface area contributed by atoms with Crippen LogP contribution < -0.4 is 5.32 Å². The molecule has 0 aromatic heterocycles. The first-order valence-corrected chi connectivity index (χ1v) is 26.4. The van der Waals surface area contributed by atoms with Crippen LogP contribution in [0.15, 0.2) is 48.6 Å². The van der Waals surface area contributed by atoms with Crippen molar-refractivity contribution >= 4 is 11.9 Å². The van der Waals surface area contributed by atoms with E-state index in [4.69, 9.17) is 4.74 Å². The van der Waals surface area contributed by atoms with Crippen LogP contribution in [-0.4, -0.2) is 46.9 Å². The van der Waals surface area contributed by atoms with Gasteiger partial charge < -0.3 is 20.3 Å². The summed E-state index contributed by atoms with van der Waals surface area (Å²) in [4.78, 5) is 26.1. The van der Waals surface area contributed by atoms with Crippen LogP contribution in [0.4, 0.5) is 0 Å². The third kappa shape index (κ3) is 44.2. The van der Waals surface area contributed by atoms with Gasteiger partial charge in [0.1, 0.15) is 6.10 Å². The molecule has 0 rings (SSSR count). The third-order valence-corrected chi connectivity index (χ3v) is 12.0. The molecule has 0 bridgehead atoms. The average molecular weight is 856 g/mol. The smallest absolute Gasteiger partial charge is 0.306 e. The van der Waals surface area contributed by atoms with Crippen molar-refractivity contribution in [3.05, 3.63) is 48.6 Å². The molecule has 61 heavy (non-hydrogen) atoms. The molecular weight excluding hydrogens is 755 g/mol. The largest absolute Gasteiger partial charge is 0.462 e. The Kier molecular flexibility index (Phi) is 47.1. The van der Waals surface area contributed by atoms with Crippen molar-refractivity contribution in [3.8, 4) is 0 Å². The Morgan fingerprint density at radius 3 is 1.38 bits per heavy atom. The van der Waals surface area contributed by atoms with E-state index in [0.717, 1.165) is 89.9 Å². The number of carbonyl (C=O) groups excluding carboxylic acids is 2. The molecule has 0 spiro atoms. The Labute approximate surface area is 378 Å². The molecule has 0 aliphatic carbocycles. The van der Waals surface area contributed by atoms with Gasteiger partial charge >= 0.3 is 5.97 Å². The van der Waals surface area contributed by atoms with Crippen molar-refractivity contribution in [2.24, 2.45) is 0 Å². The van der Waals surface area contributed by atoms with E-state index in [1.54, 1.807) is 0 Å². The van der Waals surface area contributed by atoms with Crippen molar-refractivity contribution < 1.29 is 24.5 Å². The quantitative estimate of drug-likeness (QED) is 0.0245. The summed E-state index contributed by atoms with van der Waals surface area (Å²) < 4.78 is 5.93. The number of allylic oxidation sites excluding steroid dienone is 8. The van der Waals surface area contributed by atoms with Gasteiger partial charge in [0.25, 0.3) is 0 Å². The first kappa shape index (κ1) is 58.8. The van der Waals surface area contributed by atoms with Gasteiger partial charge in [0.05, 0.1) is 25.2 Å². The Hall–Kier alpha value is -2.18. The minimum Gasteiger partial charge on any atom is -0.462 e. The SMILES string of the molecule is CC/C=C/C=C/C=C/CCCCCCCC(CC(=O)NC(CO)C(O)CCCCCCCCCCCCC)OC(=O)CCCCCCC/C=C/CCCCCCCCCCC. The van der Waals surface area contributed by atoms with E-state index in [1.807, 2.05) is 0 Å². The number of ether oxygens (including phenoxy) is 1. The van der Waals surface area contributed by atoms with E-state index in [9.17, 15) is 19.8 Å². The fourth-order valence-corrected chi connectivity index (χ4v) is 7.96. The number of hydrogen-bond donors (Lipinski definition) is 3. The lowest BCUT2D eigenvalue weighted by atomic mass is 10.0. The Morgan fingerprint density at radius 2 is 0.902 bits per heavy atom. The van der Waals surface area contributed by atoms with Gasteiger partial charge in [-0.25, -0.2) is 0 Å². The van der Waals surface area contributed by atoms with Gasteiger partial charge in [-0.3, -0.25) is 9.59 Å². The van der Waals surface area contributed by atoms with Crippen molar-refractivity contribution in [2.75, 3.05) is 6.61 Å². The first-order chi connectivity index (χ1) is 30.0. The predicted molar refractivity (Wildman–Crippen MR) is 264 cm³/mol. The standard InChI is InChI=1S/C55H101NO5/c1-4-7-10-13-16-19-22-24-25-26-27-28-30-33-36-39-42-45-48-55(60)61-51(46-43-40-37-34-32-29-23-20-17-14-11-8-5-2)49-54(59)56-52(50-57)53(58)47-44-41-38-35-31-21-18-15-12-9-6-3/h8,11,14,17,20,23,27-28,51-53,57-58H,4-7,9-10,12-13,15-16,18-19,21-22,24-26,29-50H2,1-3H3,(H,56,59)/b11-8+,17-14+,23-20+,28-27+. The lowest BCUT2D eigenvalue weighted by Gasteiger charge is -2.24. The predicted octanol–water partition coefficient (Wildman–Crippen LogP) is 15.8. The molecule has 0 radical (unpaired) electrons. The van der Waals surface area contributed by atoms with E-state index in [2.05, 4.69) is 74.7 Å². The summed E-state index contributed by atoms with van der Waals surface area (Å²) in [6.07, 6.45) is 58.9. The number of esters is 1. The van der Waals surface area contributed by atoms with E-state index in [-0.39, 0.29) is 24.9 Å². The highest BCUT2D eigenvalue weighted by molar-refractivity contribution is 5.77. The lowest BCUT2D eigenvalue weighted by molar-refractivity contribution is -0.151. The number of unbranched alkanes of at least 4 members (excludes halogenated alkanes) is 29. The zero-order valence-electron chi connectivity index (χ0n) is 40.5. The maximum atomic E-state index is 13.2. The first-order valence-electron chi connectivity index (χ1n) is 26.4. The molecule has 6 nitrogen and oxygen atoms in total. The van der Waals surface area contributed by atoms with Gasteiger partial charge in [-0.1, -0.05) is 230 Å². The fourth-order valence-electron chi connectivity index (χ4n) is 7.96. The van der Waals surface area contributed by atoms with Gasteiger partial charge in [0.2, 0.25) is 5.91 Å². The monoisotopic (exact) mass is 856 g/mol. The molecule has 3 atom stereocenters. The summed E-state index contributed by atoms with van der Waals surface area (Å²) in [7, 11) is 0. The van der Waals surface area contributed by atoms with Crippen LogP contribution in [0.5, 0.6) is 0 Å². The lowest BCUT2D eigenvalue weighted by Crippen LogP contribution is -2.46. The molecule has 356 valence electrons. The molecule has 0 aromatic rings. The van der Waals surface area contributed by atoms with Crippen LogP contribution in [0.1, 0.15) is 265 Å². The van der Waals surface area contributed by atoms with Crippen LogP contribution in [-0.2, 0) is 14.3 Å². The van der Waals surface area contributed by atoms with E-state index < -0.39 is 18.2 Å². The maximum Gasteiger partial charge on any atom is 0.306 e. The summed E-state index contributed by atoms with van der Waals surface area (Å²) in [6.45, 7) is 6.35. The van der Waals surface area contributed by atoms with Gasteiger partial charge in [-0.2, -0.15) is 0 Å². The van der Waals surface area contributed by atoms with Gasteiger partial charge in [0.15, 0.2) is 0 Å². The number of rotatable bonds is 47. The Balaban J connectivity index is 4.56. The molecule has 1 amide bonds. The molecule has 3 unspecified atom stereocenters. The van der Waals surface area contributed by atoms with Crippen LogP contribution in [0.2, 0.25) is 0 Å². The van der Waals surface area contributed by atoms with Crippen LogP contribution in [0.3, 0.4) is 0 Å². The molecule has 3 N–H and O–H groups in total. The fraction of sp³-hybridized carbons (Fsp3) is 0.818. The zero-order valence-corrected chi connectivity index (χ0v) is 40.5. The molecule has 0 fully saturated rings. The summed E-state index contributed by atoms with van der Waals surface area (Å²) >= 11 is 0. The highest BCUT2D eigenvalue weighted by Gasteiger charge is 2.24. The molecule has 0 aliphatic rings. The van der Waals surface area contributed by atoms with Crippen LogP contribution >= 0.6 is 0 Å². The molecular formula is C55H101NO5. The minimum atomic E-state index is -0.794.